The Morgan fingerprint density at radius 3 is 2.58 bits per heavy atom. The van der Waals surface area contributed by atoms with Gasteiger partial charge in [0.05, 0.1) is 7.11 Å². The molecule has 0 bridgehead atoms. The fourth-order valence-corrected chi connectivity index (χ4v) is 3.08. The van der Waals surface area contributed by atoms with Gasteiger partial charge < -0.3 is 4.74 Å². The maximum Gasteiger partial charge on any atom is 0.326 e. The Bertz CT molecular complexity index is 434. The molecule has 106 valence electrons. The zero-order valence-electron chi connectivity index (χ0n) is 12.3. The Kier molecular flexibility index (Phi) is 5.88. The second-order valence-corrected chi connectivity index (χ2v) is 6.19. The molecule has 0 amide bonds. The van der Waals surface area contributed by atoms with Crippen LogP contribution in [-0.2, 0) is 9.53 Å². The summed E-state index contributed by atoms with van der Waals surface area (Å²) < 4.78 is 4.92. The molecule has 1 aromatic carbocycles. The van der Waals surface area contributed by atoms with Crippen LogP contribution in [0, 0.1) is 6.92 Å². The molecule has 4 heteroatoms. The van der Waals surface area contributed by atoms with Crippen LogP contribution in [0.1, 0.15) is 26.3 Å². The van der Waals surface area contributed by atoms with Gasteiger partial charge in [-0.3, -0.25) is 10.1 Å². The van der Waals surface area contributed by atoms with Crippen LogP contribution >= 0.6 is 11.8 Å². The van der Waals surface area contributed by atoms with Gasteiger partial charge in [0.2, 0.25) is 0 Å². The number of benzene rings is 1. The molecule has 3 nitrogen and oxygen atoms in total. The minimum Gasteiger partial charge on any atom is -0.468 e. The predicted octanol–water partition coefficient (Wildman–Crippen LogP) is 3.02. The van der Waals surface area contributed by atoms with E-state index in [1.807, 2.05) is 32.9 Å². The lowest BCUT2D eigenvalue weighted by Crippen LogP contribution is -2.54. The van der Waals surface area contributed by atoms with Crippen molar-refractivity contribution >= 4 is 17.7 Å². The van der Waals surface area contributed by atoms with Crippen LogP contribution < -0.4 is 5.32 Å². The van der Waals surface area contributed by atoms with Gasteiger partial charge in [-0.15, -0.1) is 11.8 Å². The van der Waals surface area contributed by atoms with Crippen molar-refractivity contribution in [3.8, 4) is 0 Å². The molecule has 1 aromatic rings. The number of carbonyl (C=O) groups excluding carboxylic acids is 1. The highest BCUT2D eigenvalue weighted by molar-refractivity contribution is 7.99. The smallest absolute Gasteiger partial charge is 0.326 e. The number of methoxy groups -OCH3 is 1. The lowest BCUT2D eigenvalue weighted by molar-refractivity contribution is -0.147. The highest BCUT2D eigenvalue weighted by Crippen LogP contribution is 2.26. The fourth-order valence-electron chi connectivity index (χ4n) is 1.96. The lowest BCUT2D eigenvalue weighted by atomic mass is 10.0. The minimum absolute atomic E-state index is 0.220. The molecule has 1 atom stereocenters. The summed E-state index contributed by atoms with van der Waals surface area (Å²) >= 11 is 1.68. The van der Waals surface area contributed by atoms with Gasteiger partial charge in [-0.25, -0.2) is 0 Å². The SMILES string of the molecule is COC(=O)C(C)(CSc1ccccc1C)NC(C)C. The average molecular weight is 281 g/mol. The number of esters is 1. The first-order valence-electron chi connectivity index (χ1n) is 6.43. The Morgan fingerprint density at radius 1 is 1.42 bits per heavy atom. The summed E-state index contributed by atoms with van der Waals surface area (Å²) in [6.45, 7) is 8.02. The van der Waals surface area contributed by atoms with Crippen LogP contribution in [0.3, 0.4) is 0 Å². The molecule has 0 spiro atoms. The van der Waals surface area contributed by atoms with Crippen molar-refractivity contribution in [3.05, 3.63) is 29.8 Å². The van der Waals surface area contributed by atoms with Crippen molar-refractivity contribution < 1.29 is 9.53 Å². The first-order valence-corrected chi connectivity index (χ1v) is 7.42. The Hall–Kier alpha value is -1.00. The molecule has 0 heterocycles. The van der Waals surface area contributed by atoms with Crippen molar-refractivity contribution in [3.63, 3.8) is 0 Å². The molecule has 1 rings (SSSR count). The van der Waals surface area contributed by atoms with Gasteiger partial charge in [-0.05, 0) is 39.3 Å². The van der Waals surface area contributed by atoms with Gasteiger partial charge >= 0.3 is 5.97 Å². The minimum atomic E-state index is -0.671. The quantitative estimate of drug-likeness (QED) is 0.642. The van der Waals surface area contributed by atoms with E-state index in [1.54, 1.807) is 11.8 Å². The number of hydrogen-bond acceptors (Lipinski definition) is 4. The molecule has 0 aliphatic rings. The zero-order valence-corrected chi connectivity index (χ0v) is 13.1. The molecule has 0 aliphatic heterocycles. The summed E-state index contributed by atoms with van der Waals surface area (Å²) in [6, 6.07) is 8.41. The summed E-state index contributed by atoms with van der Waals surface area (Å²) in [5, 5.41) is 3.30. The van der Waals surface area contributed by atoms with E-state index in [1.165, 1.54) is 17.6 Å². The van der Waals surface area contributed by atoms with Gasteiger partial charge in [-0.1, -0.05) is 18.2 Å². The molecule has 19 heavy (non-hydrogen) atoms. The van der Waals surface area contributed by atoms with Crippen molar-refractivity contribution in [1.82, 2.24) is 5.32 Å². The number of thioether (sulfide) groups is 1. The van der Waals surface area contributed by atoms with E-state index in [-0.39, 0.29) is 12.0 Å². The van der Waals surface area contributed by atoms with E-state index < -0.39 is 5.54 Å². The van der Waals surface area contributed by atoms with Crippen LogP contribution in [0.2, 0.25) is 0 Å². The van der Waals surface area contributed by atoms with Crippen LogP contribution in [0.5, 0.6) is 0 Å². The second-order valence-electron chi connectivity index (χ2n) is 5.18. The number of ether oxygens (including phenoxy) is 1. The molecular weight excluding hydrogens is 258 g/mol. The highest BCUT2D eigenvalue weighted by Gasteiger charge is 2.34. The predicted molar refractivity (Wildman–Crippen MR) is 80.6 cm³/mol. The summed E-state index contributed by atoms with van der Waals surface area (Å²) in [7, 11) is 1.43. The van der Waals surface area contributed by atoms with E-state index in [9.17, 15) is 4.79 Å². The first-order chi connectivity index (χ1) is 8.89. The number of nitrogens with one attached hydrogen (secondary N) is 1. The molecule has 0 aliphatic carbocycles. The van der Waals surface area contributed by atoms with E-state index in [2.05, 4.69) is 24.4 Å². The topological polar surface area (TPSA) is 38.3 Å². The van der Waals surface area contributed by atoms with E-state index in [0.717, 1.165) is 0 Å². The first kappa shape index (κ1) is 16.1. The van der Waals surface area contributed by atoms with Crippen LogP contribution in [0.4, 0.5) is 0 Å². The summed E-state index contributed by atoms with van der Waals surface area (Å²) in [6.07, 6.45) is 0. The van der Waals surface area contributed by atoms with Gasteiger partial charge in [-0.2, -0.15) is 0 Å². The second kappa shape index (κ2) is 6.96. The van der Waals surface area contributed by atoms with Crippen molar-refractivity contribution in [1.29, 1.82) is 0 Å². The maximum absolute atomic E-state index is 12.0. The van der Waals surface area contributed by atoms with E-state index >= 15 is 0 Å². The standard InChI is InChI=1S/C15H23NO2S/c1-11(2)16-15(4,14(17)18-5)10-19-13-9-7-6-8-12(13)3/h6-9,11,16H,10H2,1-5H3. The van der Waals surface area contributed by atoms with Gasteiger partial charge in [0, 0.05) is 16.7 Å². The lowest BCUT2D eigenvalue weighted by Gasteiger charge is -2.30. The third-order valence-corrected chi connectivity index (χ3v) is 4.34. The monoisotopic (exact) mass is 281 g/mol. The van der Waals surface area contributed by atoms with Gasteiger partial charge in [0.1, 0.15) is 5.54 Å². The summed E-state index contributed by atoms with van der Waals surface area (Å²) in [5.74, 6) is 0.421. The molecule has 0 saturated heterocycles. The molecular formula is C15H23NO2S. The largest absolute Gasteiger partial charge is 0.468 e. The Balaban J connectivity index is 2.79. The molecule has 0 radical (unpaired) electrons. The van der Waals surface area contributed by atoms with Gasteiger partial charge in [0.25, 0.3) is 0 Å². The third kappa shape index (κ3) is 4.55. The summed E-state index contributed by atoms with van der Waals surface area (Å²) in [4.78, 5) is 13.2. The zero-order chi connectivity index (χ0) is 14.5. The summed E-state index contributed by atoms with van der Waals surface area (Å²) in [5.41, 5.74) is 0.555. The van der Waals surface area contributed by atoms with Crippen molar-refractivity contribution in [2.45, 2.75) is 44.2 Å². The van der Waals surface area contributed by atoms with Crippen LogP contribution in [0.25, 0.3) is 0 Å². The number of rotatable bonds is 6. The number of carbonyl (C=O) groups is 1. The fraction of sp³-hybridized carbons (Fsp3) is 0.533. The molecule has 0 saturated carbocycles. The maximum atomic E-state index is 12.0. The molecule has 0 aromatic heterocycles. The Labute approximate surface area is 120 Å². The van der Waals surface area contributed by atoms with E-state index in [4.69, 9.17) is 4.74 Å². The van der Waals surface area contributed by atoms with Crippen LogP contribution in [0.15, 0.2) is 29.2 Å². The van der Waals surface area contributed by atoms with E-state index in [0.29, 0.717) is 5.75 Å². The highest BCUT2D eigenvalue weighted by atomic mass is 32.2. The normalized spacial score (nSPS) is 14.2. The molecule has 1 unspecified atom stereocenters. The van der Waals surface area contributed by atoms with Gasteiger partial charge in [0.15, 0.2) is 0 Å². The molecule has 1 N–H and O–H groups in total. The van der Waals surface area contributed by atoms with Crippen LogP contribution in [-0.4, -0.2) is 30.4 Å². The average Bonchev–Trinajstić information content (AvgIpc) is 2.36. The number of aryl methyl sites for hydroxylation is 1. The van der Waals surface area contributed by atoms with Crippen molar-refractivity contribution in [2.75, 3.05) is 12.9 Å². The number of hydrogen-bond donors (Lipinski definition) is 1. The Morgan fingerprint density at radius 2 is 2.05 bits per heavy atom. The molecule has 0 fully saturated rings. The van der Waals surface area contributed by atoms with Crippen molar-refractivity contribution in [2.24, 2.45) is 0 Å². The third-order valence-electron chi connectivity index (χ3n) is 2.85.